The second-order valence-corrected chi connectivity index (χ2v) is 6.24. The summed E-state index contributed by atoms with van der Waals surface area (Å²) in [6.45, 7) is 0.390. The van der Waals surface area contributed by atoms with Gasteiger partial charge in [0, 0.05) is 13.1 Å². The third kappa shape index (κ3) is 3.95. The average molecular weight is 279 g/mol. The number of rotatable bonds is 5. The molecule has 0 aromatic heterocycles. The summed E-state index contributed by atoms with van der Waals surface area (Å²) in [7, 11) is -2.30. The quantitative estimate of drug-likeness (QED) is 0.692. The molecule has 1 N–H and O–H groups in total. The maximum absolute atomic E-state index is 11.9. The number of carbonyl (C=O) groups is 2. The Morgan fingerprint density at radius 2 is 1.89 bits per heavy atom. The van der Waals surface area contributed by atoms with Gasteiger partial charge in [-0.05, 0) is 12.8 Å². The van der Waals surface area contributed by atoms with Crippen molar-refractivity contribution in [3.8, 4) is 0 Å². The first kappa shape index (κ1) is 14.9. The zero-order valence-corrected chi connectivity index (χ0v) is 11.0. The van der Waals surface area contributed by atoms with Crippen molar-refractivity contribution in [1.29, 1.82) is 0 Å². The molecule has 1 aliphatic rings. The summed E-state index contributed by atoms with van der Waals surface area (Å²) in [5.41, 5.74) is 0. The maximum Gasteiger partial charge on any atom is 0.306 e. The minimum atomic E-state index is -3.50. The van der Waals surface area contributed by atoms with E-state index in [1.54, 1.807) is 0 Å². The van der Waals surface area contributed by atoms with Gasteiger partial charge in [0.2, 0.25) is 10.0 Å². The van der Waals surface area contributed by atoms with Crippen LogP contribution in [0.2, 0.25) is 0 Å². The van der Waals surface area contributed by atoms with Crippen LogP contribution in [0.5, 0.6) is 0 Å². The van der Waals surface area contributed by atoms with Gasteiger partial charge in [0.1, 0.15) is 0 Å². The van der Waals surface area contributed by atoms with Crippen LogP contribution in [-0.2, 0) is 24.3 Å². The van der Waals surface area contributed by atoms with Crippen LogP contribution in [-0.4, -0.2) is 55.7 Å². The lowest BCUT2D eigenvalue weighted by molar-refractivity contribution is -0.143. The van der Waals surface area contributed by atoms with Crippen molar-refractivity contribution in [1.82, 2.24) is 4.31 Å². The molecule has 0 unspecified atom stereocenters. The third-order valence-corrected chi connectivity index (χ3v) is 4.86. The van der Waals surface area contributed by atoms with Crippen molar-refractivity contribution in [3.05, 3.63) is 0 Å². The minimum Gasteiger partial charge on any atom is -0.481 e. The van der Waals surface area contributed by atoms with Gasteiger partial charge in [-0.2, -0.15) is 0 Å². The van der Waals surface area contributed by atoms with Crippen molar-refractivity contribution in [2.75, 3.05) is 26.0 Å². The van der Waals surface area contributed by atoms with Crippen LogP contribution in [0.1, 0.15) is 19.3 Å². The summed E-state index contributed by atoms with van der Waals surface area (Å²) < 4.78 is 29.3. The monoisotopic (exact) mass is 279 g/mol. The first-order chi connectivity index (χ1) is 8.36. The van der Waals surface area contributed by atoms with Crippen molar-refractivity contribution in [2.24, 2.45) is 5.92 Å². The van der Waals surface area contributed by atoms with Gasteiger partial charge < -0.3 is 9.84 Å². The van der Waals surface area contributed by atoms with E-state index in [4.69, 9.17) is 5.11 Å². The van der Waals surface area contributed by atoms with Gasteiger partial charge in [-0.3, -0.25) is 9.59 Å². The van der Waals surface area contributed by atoms with E-state index in [0.29, 0.717) is 12.8 Å². The van der Waals surface area contributed by atoms with Crippen LogP contribution < -0.4 is 0 Å². The van der Waals surface area contributed by atoms with Crippen LogP contribution in [0, 0.1) is 5.92 Å². The number of carboxylic acid groups (broad SMARTS) is 1. The maximum atomic E-state index is 11.9. The lowest BCUT2D eigenvalue weighted by atomic mass is 9.99. The molecule has 1 fully saturated rings. The van der Waals surface area contributed by atoms with Gasteiger partial charge in [0.05, 0.1) is 25.2 Å². The molecule has 0 bridgehead atoms. The first-order valence-corrected chi connectivity index (χ1v) is 7.25. The van der Waals surface area contributed by atoms with E-state index >= 15 is 0 Å². The Morgan fingerprint density at radius 3 is 2.33 bits per heavy atom. The molecule has 7 nitrogen and oxygen atoms in total. The summed E-state index contributed by atoms with van der Waals surface area (Å²) in [6, 6.07) is 0. The normalized spacial score (nSPS) is 18.5. The van der Waals surface area contributed by atoms with Gasteiger partial charge in [0.15, 0.2) is 0 Å². The number of sulfonamides is 1. The summed E-state index contributed by atoms with van der Waals surface area (Å²) in [5, 5.41) is 8.81. The number of ether oxygens (including phenoxy) is 1. The molecule has 0 radical (unpaired) electrons. The Labute approximate surface area is 106 Å². The van der Waals surface area contributed by atoms with Crippen LogP contribution in [0.3, 0.4) is 0 Å². The second-order valence-electron chi connectivity index (χ2n) is 4.15. The average Bonchev–Trinajstić information content (AvgIpc) is 2.36. The molecular weight excluding hydrogens is 262 g/mol. The van der Waals surface area contributed by atoms with E-state index < -0.39 is 27.9 Å². The smallest absolute Gasteiger partial charge is 0.306 e. The third-order valence-electron chi connectivity index (χ3n) is 2.99. The molecule has 18 heavy (non-hydrogen) atoms. The molecule has 0 spiro atoms. The van der Waals surface area contributed by atoms with Crippen LogP contribution >= 0.6 is 0 Å². The number of carbonyl (C=O) groups excluding carboxylic acids is 1. The zero-order valence-electron chi connectivity index (χ0n) is 10.2. The number of nitrogens with zero attached hydrogens (tertiary/aromatic N) is 1. The topological polar surface area (TPSA) is 101 Å². The summed E-state index contributed by atoms with van der Waals surface area (Å²) in [4.78, 5) is 21.6. The van der Waals surface area contributed by atoms with Crippen LogP contribution in [0.4, 0.5) is 0 Å². The van der Waals surface area contributed by atoms with Crippen LogP contribution in [0.25, 0.3) is 0 Å². The Bertz CT molecular complexity index is 410. The standard InChI is InChI=1S/C10H17NO6S/c1-17-9(12)4-7-18(15,16)11-5-2-8(3-6-11)10(13)14/h8H,2-7H2,1H3,(H,13,14). The molecule has 1 saturated heterocycles. The highest BCUT2D eigenvalue weighted by Crippen LogP contribution is 2.20. The molecule has 8 heteroatoms. The van der Waals surface area contributed by atoms with E-state index in [1.165, 1.54) is 11.4 Å². The largest absolute Gasteiger partial charge is 0.481 e. The molecule has 0 atom stereocenters. The lowest BCUT2D eigenvalue weighted by Gasteiger charge is -2.29. The summed E-state index contributed by atoms with van der Waals surface area (Å²) >= 11 is 0. The number of hydrogen-bond donors (Lipinski definition) is 1. The van der Waals surface area contributed by atoms with E-state index in [-0.39, 0.29) is 25.3 Å². The van der Waals surface area contributed by atoms with Gasteiger partial charge in [-0.1, -0.05) is 0 Å². The molecule has 0 saturated carbocycles. The number of piperidine rings is 1. The predicted octanol–water partition coefficient (Wildman–Crippen LogP) is -0.324. The second kappa shape index (κ2) is 6.14. The predicted molar refractivity (Wildman–Crippen MR) is 62.4 cm³/mol. The molecule has 1 heterocycles. The molecule has 1 aliphatic heterocycles. The molecule has 0 aromatic carbocycles. The van der Waals surface area contributed by atoms with E-state index in [1.807, 2.05) is 0 Å². The van der Waals surface area contributed by atoms with Crippen molar-refractivity contribution in [2.45, 2.75) is 19.3 Å². The summed E-state index contributed by atoms with van der Waals surface area (Å²) in [6.07, 6.45) is 0.442. The molecule has 1 rings (SSSR count). The Balaban J connectivity index is 2.50. The molecule has 0 aromatic rings. The molecular formula is C10H17NO6S. The minimum absolute atomic E-state index is 0.183. The molecule has 0 amide bonds. The van der Waals surface area contributed by atoms with E-state index in [0.717, 1.165) is 0 Å². The fraction of sp³-hybridized carbons (Fsp3) is 0.800. The van der Waals surface area contributed by atoms with E-state index in [2.05, 4.69) is 4.74 Å². The van der Waals surface area contributed by atoms with Crippen molar-refractivity contribution < 1.29 is 27.9 Å². The van der Waals surface area contributed by atoms with Gasteiger partial charge in [0.25, 0.3) is 0 Å². The van der Waals surface area contributed by atoms with Gasteiger partial charge in [-0.15, -0.1) is 0 Å². The Hall–Kier alpha value is -1.15. The number of aliphatic carboxylic acids is 1. The number of hydrogen-bond acceptors (Lipinski definition) is 5. The van der Waals surface area contributed by atoms with Gasteiger partial charge in [-0.25, -0.2) is 12.7 Å². The van der Waals surface area contributed by atoms with E-state index in [9.17, 15) is 18.0 Å². The molecule has 0 aliphatic carbocycles. The van der Waals surface area contributed by atoms with Gasteiger partial charge >= 0.3 is 11.9 Å². The van der Waals surface area contributed by atoms with Crippen molar-refractivity contribution >= 4 is 22.0 Å². The van der Waals surface area contributed by atoms with Crippen LogP contribution in [0.15, 0.2) is 0 Å². The number of methoxy groups -OCH3 is 1. The zero-order chi connectivity index (χ0) is 13.8. The van der Waals surface area contributed by atoms with Crippen molar-refractivity contribution in [3.63, 3.8) is 0 Å². The fourth-order valence-corrected chi connectivity index (χ4v) is 3.27. The number of esters is 1. The summed E-state index contributed by atoms with van der Waals surface area (Å²) in [5.74, 6) is -2.23. The molecule has 104 valence electrons. The Morgan fingerprint density at radius 1 is 1.33 bits per heavy atom. The Kier molecular flexibility index (Phi) is 5.09. The number of carboxylic acids is 1. The highest BCUT2D eigenvalue weighted by atomic mass is 32.2. The highest BCUT2D eigenvalue weighted by molar-refractivity contribution is 7.89. The lowest BCUT2D eigenvalue weighted by Crippen LogP contribution is -2.41. The first-order valence-electron chi connectivity index (χ1n) is 5.64. The SMILES string of the molecule is COC(=O)CCS(=O)(=O)N1CCC(C(=O)O)CC1. The highest BCUT2D eigenvalue weighted by Gasteiger charge is 2.31. The fourth-order valence-electron chi connectivity index (χ4n) is 1.82.